The van der Waals surface area contributed by atoms with Gasteiger partial charge in [-0.05, 0) is 31.0 Å². The molecule has 0 aliphatic heterocycles. The number of benzene rings is 1. The molecule has 0 aliphatic carbocycles. The molecule has 0 aliphatic rings. The smallest absolute Gasteiger partial charge is 0.291 e. The predicted octanol–water partition coefficient (Wildman–Crippen LogP) is 0.742. The average Bonchev–Trinajstić information content (AvgIpc) is 2.20. The van der Waals surface area contributed by atoms with Crippen LogP contribution in [-0.4, -0.2) is 15.0 Å². The van der Waals surface area contributed by atoms with Gasteiger partial charge in [-0.2, -0.15) is 4.98 Å². The van der Waals surface area contributed by atoms with Crippen LogP contribution >= 0.6 is 0 Å². The highest BCUT2D eigenvalue weighted by Crippen LogP contribution is 2.16. The zero-order chi connectivity index (χ0) is 11.7. The Bertz CT molecular complexity index is 612. The number of aromatic amines is 2. The van der Waals surface area contributed by atoms with Crippen molar-refractivity contribution < 1.29 is 0 Å². The molecule has 1 aromatic carbocycles. The third-order valence-corrected chi connectivity index (χ3v) is 2.45. The van der Waals surface area contributed by atoms with Crippen molar-refractivity contribution in [2.45, 2.75) is 13.8 Å². The van der Waals surface area contributed by atoms with Crippen molar-refractivity contribution in [1.29, 1.82) is 0 Å². The fourth-order valence-electron chi connectivity index (χ4n) is 1.42. The largest absolute Gasteiger partial charge is 0.351 e. The lowest BCUT2D eigenvalue weighted by molar-refractivity contribution is 0.942. The number of hydrogen-bond acceptors (Lipinski definition) is 3. The van der Waals surface area contributed by atoms with Gasteiger partial charge in [0.05, 0.1) is 0 Å². The maximum absolute atomic E-state index is 11.1. The summed E-state index contributed by atoms with van der Waals surface area (Å²) in [6.07, 6.45) is 0. The van der Waals surface area contributed by atoms with Crippen molar-refractivity contribution in [3.8, 4) is 11.4 Å². The third kappa shape index (κ3) is 1.93. The van der Waals surface area contributed by atoms with Crippen LogP contribution in [0.25, 0.3) is 11.4 Å². The minimum Gasteiger partial charge on any atom is -0.291 e. The summed E-state index contributed by atoms with van der Waals surface area (Å²) >= 11 is 0. The van der Waals surface area contributed by atoms with E-state index in [0.717, 1.165) is 16.7 Å². The fraction of sp³-hybridized carbons (Fsp3) is 0.182. The van der Waals surface area contributed by atoms with E-state index in [1.54, 1.807) is 0 Å². The second-order valence-corrected chi connectivity index (χ2v) is 3.64. The fourth-order valence-corrected chi connectivity index (χ4v) is 1.42. The van der Waals surface area contributed by atoms with Gasteiger partial charge >= 0.3 is 11.4 Å². The first-order valence-electron chi connectivity index (χ1n) is 4.84. The Labute approximate surface area is 91.2 Å². The van der Waals surface area contributed by atoms with Gasteiger partial charge in [0, 0.05) is 5.56 Å². The number of hydrogen-bond donors (Lipinski definition) is 2. The highest BCUT2D eigenvalue weighted by molar-refractivity contribution is 5.56. The summed E-state index contributed by atoms with van der Waals surface area (Å²) in [6.45, 7) is 3.96. The summed E-state index contributed by atoms with van der Waals surface area (Å²) in [5.41, 5.74) is 1.77. The summed E-state index contributed by atoms with van der Waals surface area (Å²) in [7, 11) is 0. The van der Waals surface area contributed by atoms with E-state index in [1.807, 2.05) is 37.0 Å². The summed E-state index contributed by atoms with van der Waals surface area (Å²) < 4.78 is 0. The number of nitrogens with zero attached hydrogens (tertiary/aromatic N) is 1. The number of rotatable bonds is 1. The zero-order valence-corrected chi connectivity index (χ0v) is 9.00. The standard InChI is InChI=1S/C11H11N3O2/c1-6-3-4-8(5-7(6)2)9-12-10(15)14-11(16)13-9/h3-5H,1-2H3,(H2,12,13,14,15,16). The van der Waals surface area contributed by atoms with Crippen molar-refractivity contribution in [3.63, 3.8) is 0 Å². The van der Waals surface area contributed by atoms with E-state index in [4.69, 9.17) is 0 Å². The summed E-state index contributed by atoms with van der Waals surface area (Å²) in [4.78, 5) is 30.4. The molecule has 0 atom stereocenters. The van der Waals surface area contributed by atoms with E-state index in [0.29, 0.717) is 0 Å². The lowest BCUT2D eigenvalue weighted by atomic mass is 10.1. The molecule has 16 heavy (non-hydrogen) atoms. The van der Waals surface area contributed by atoms with E-state index >= 15 is 0 Å². The lowest BCUT2D eigenvalue weighted by Gasteiger charge is -2.03. The first-order valence-corrected chi connectivity index (χ1v) is 4.84. The lowest BCUT2D eigenvalue weighted by Crippen LogP contribution is -2.25. The highest BCUT2D eigenvalue weighted by Gasteiger charge is 2.03. The van der Waals surface area contributed by atoms with Crippen LogP contribution in [0, 0.1) is 13.8 Å². The monoisotopic (exact) mass is 217 g/mol. The Morgan fingerprint density at radius 2 is 1.81 bits per heavy atom. The molecule has 2 rings (SSSR count). The maximum atomic E-state index is 11.1. The van der Waals surface area contributed by atoms with E-state index in [2.05, 4.69) is 9.97 Å². The molecule has 82 valence electrons. The van der Waals surface area contributed by atoms with Gasteiger partial charge in [0.15, 0.2) is 0 Å². The summed E-state index contributed by atoms with van der Waals surface area (Å²) in [6, 6.07) is 5.62. The van der Waals surface area contributed by atoms with Crippen LogP contribution in [-0.2, 0) is 0 Å². The molecule has 0 saturated heterocycles. The van der Waals surface area contributed by atoms with Crippen molar-refractivity contribution in [2.24, 2.45) is 0 Å². The molecule has 1 heterocycles. The molecule has 0 fully saturated rings. The third-order valence-electron chi connectivity index (χ3n) is 2.45. The zero-order valence-electron chi connectivity index (χ0n) is 9.00. The molecule has 0 amide bonds. The van der Waals surface area contributed by atoms with Gasteiger partial charge in [0.2, 0.25) is 0 Å². The molecule has 0 bridgehead atoms. The van der Waals surface area contributed by atoms with E-state index in [-0.39, 0.29) is 5.82 Å². The number of aromatic nitrogens is 3. The van der Waals surface area contributed by atoms with Gasteiger partial charge < -0.3 is 0 Å². The molecule has 0 saturated carbocycles. The molecule has 1 aromatic heterocycles. The molecule has 0 radical (unpaired) electrons. The van der Waals surface area contributed by atoms with Gasteiger partial charge in [-0.25, -0.2) is 9.59 Å². The van der Waals surface area contributed by atoms with Crippen LogP contribution in [0.5, 0.6) is 0 Å². The number of H-pyrrole nitrogens is 2. The Morgan fingerprint density at radius 1 is 1.06 bits per heavy atom. The predicted molar refractivity (Wildman–Crippen MR) is 60.4 cm³/mol. The Morgan fingerprint density at radius 3 is 2.44 bits per heavy atom. The molecule has 0 unspecified atom stereocenters. The van der Waals surface area contributed by atoms with Gasteiger partial charge in [-0.3, -0.25) is 9.97 Å². The molecular weight excluding hydrogens is 206 g/mol. The van der Waals surface area contributed by atoms with Crippen LogP contribution in [0.15, 0.2) is 27.8 Å². The van der Waals surface area contributed by atoms with Crippen molar-refractivity contribution in [3.05, 3.63) is 50.3 Å². The van der Waals surface area contributed by atoms with Crippen molar-refractivity contribution in [2.75, 3.05) is 0 Å². The van der Waals surface area contributed by atoms with Crippen LogP contribution in [0.4, 0.5) is 0 Å². The second kappa shape index (κ2) is 3.77. The Kier molecular flexibility index (Phi) is 2.44. The highest BCUT2D eigenvalue weighted by atomic mass is 16.2. The molecular formula is C11H11N3O2. The van der Waals surface area contributed by atoms with Crippen molar-refractivity contribution >= 4 is 0 Å². The number of nitrogens with one attached hydrogen (secondary N) is 2. The van der Waals surface area contributed by atoms with E-state index < -0.39 is 11.4 Å². The second-order valence-electron chi connectivity index (χ2n) is 3.64. The van der Waals surface area contributed by atoms with Crippen LogP contribution in [0.2, 0.25) is 0 Å². The quantitative estimate of drug-likeness (QED) is 0.739. The first kappa shape index (κ1) is 10.4. The van der Waals surface area contributed by atoms with E-state index in [9.17, 15) is 9.59 Å². The van der Waals surface area contributed by atoms with Gasteiger partial charge in [-0.15, -0.1) is 0 Å². The molecule has 5 nitrogen and oxygen atoms in total. The van der Waals surface area contributed by atoms with Gasteiger partial charge in [0.25, 0.3) is 0 Å². The van der Waals surface area contributed by atoms with Crippen LogP contribution in [0.3, 0.4) is 0 Å². The average molecular weight is 217 g/mol. The normalized spacial score (nSPS) is 10.4. The summed E-state index contributed by atoms with van der Waals surface area (Å²) in [5, 5.41) is 0. The molecule has 2 aromatic rings. The van der Waals surface area contributed by atoms with E-state index in [1.165, 1.54) is 0 Å². The van der Waals surface area contributed by atoms with Gasteiger partial charge in [0.1, 0.15) is 5.82 Å². The summed E-state index contributed by atoms with van der Waals surface area (Å²) in [5.74, 6) is 0.289. The molecule has 5 heteroatoms. The molecule has 0 spiro atoms. The minimum absolute atomic E-state index is 0.289. The topological polar surface area (TPSA) is 78.6 Å². The van der Waals surface area contributed by atoms with Crippen LogP contribution in [0.1, 0.15) is 11.1 Å². The Hall–Kier alpha value is -2.17. The molecule has 2 N–H and O–H groups in total. The van der Waals surface area contributed by atoms with Crippen molar-refractivity contribution in [1.82, 2.24) is 15.0 Å². The number of aryl methyl sites for hydroxylation is 2. The van der Waals surface area contributed by atoms with Gasteiger partial charge in [-0.1, -0.05) is 12.1 Å². The SMILES string of the molecule is Cc1ccc(-c2nc(=O)[nH]c(=O)[nH]2)cc1C. The first-order chi connectivity index (χ1) is 7.56. The Balaban J connectivity index is 2.63. The maximum Gasteiger partial charge on any atom is 0.351 e. The minimum atomic E-state index is -0.642. The van der Waals surface area contributed by atoms with Crippen LogP contribution < -0.4 is 11.4 Å².